The lowest BCUT2D eigenvalue weighted by Crippen LogP contribution is -2.49. The Morgan fingerprint density at radius 2 is 1.76 bits per heavy atom. The highest BCUT2D eigenvalue weighted by molar-refractivity contribution is 7.71. The van der Waals surface area contributed by atoms with Gasteiger partial charge in [0.25, 0.3) is 0 Å². The molecule has 1 fully saturated rings. The Kier molecular flexibility index (Phi) is 6.16. The number of para-hydroxylation sites is 2. The first-order valence-corrected chi connectivity index (χ1v) is 11.8. The number of amides is 1. The van der Waals surface area contributed by atoms with Crippen molar-refractivity contribution in [1.29, 1.82) is 0 Å². The Balaban J connectivity index is 1.23. The molecule has 33 heavy (non-hydrogen) atoms. The molecule has 2 aromatic heterocycles. The highest BCUT2D eigenvalue weighted by Gasteiger charge is 2.20. The second-order valence-electron chi connectivity index (χ2n) is 8.38. The molecule has 0 saturated carbocycles. The van der Waals surface area contributed by atoms with Gasteiger partial charge in [-0.2, -0.15) is 5.10 Å². The van der Waals surface area contributed by atoms with Crippen LogP contribution >= 0.6 is 23.8 Å². The maximum atomic E-state index is 12.4. The summed E-state index contributed by atoms with van der Waals surface area (Å²) < 4.78 is 4.64. The molecule has 0 aliphatic carbocycles. The average molecular weight is 481 g/mol. The summed E-state index contributed by atoms with van der Waals surface area (Å²) in [7, 11) is 0. The number of piperazine rings is 1. The van der Waals surface area contributed by atoms with Crippen LogP contribution in [0.4, 0.5) is 5.69 Å². The number of hydrogen-bond acceptors (Lipinski definition) is 5. The van der Waals surface area contributed by atoms with Crippen LogP contribution in [-0.4, -0.2) is 62.6 Å². The number of rotatable bonds is 5. The van der Waals surface area contributed by atoms with Crippen molar-refractivity contribution >= 4 is 52.0 Å². The maximum absolute atomic E-state index is 12.4. The monoisotopic (exact) mass is 480 g/mol. The lowest BCUT2D eigenvalue weighted by molar-refractivity contribution is -0.117. The number of fused-ring (bicyclic) bond motifs is 3. The predicted octanol–water partition coefficient (Wildman–Crippen LogP) is 4.19. The van der Waals surface area contributed by atoms with Crippen LogP contribution in [0.5, 0.6) is 0 Å². The van der Waals surface area contributed by atoms with Gasteiger partial charge >= 0.3 is 0 Å². The molecule has 1 N–H and O–H groups in total. The van der Waals surface area contributed by atoms with Crippen LogP contribution in [0.2, 0.25) is 5.02 Å². The fraction of sp³-hybridized carbons (Fsp3) is 0.292. The SMILES string of the molecule is Cc1cc2nn(CN3CCN(CC(=O)Nc4ccccc4Cl)CC3)c(=S)n2c2ccccc12. The van der Waals surface area contributed by atoms with E-state index in [4.69, 9.17) is 28.9 Å². The molecule has 7 nitrogen and oxygen atoms in total. The van der Waals surface area contributed by atoms with E-state index in [1.165, 1.54) is 10.9 Å². The number of carbonyl (C=O) groups is 1. The lowest BCUT2D eigenvalue weighted by atomic mass is 10.1. The average Bonchev–Trinajstić information content (AvgIpc) is 3.11. The first-order chi connectivity index (χ1) is 16.0. The van der Waals surface area contributed by atoms with Crippen molar-refractivity contribution in [2.75, 3.05) is 38.0 Å². The van der Waals surface area contributed by atoms with Gasteiger partial charge in [0.05, 0.1) is 29.4 Å². The number of anilines is 1. The predicted molar refractivity (Wildman–Crippen MR) is 134 cm³/mol. The van der Waals surface area contributed by atoms with Gasteiger partial charge < -0.3 is 5.32 Å². The summed E-state index contributed by atoms with van der Waals surface area (Å²) in [4.78, 5) is 16.9. The minimum atomic E-state index is -0.0543. The van der Waals surface area contributed by atoms with Crippen LogP contribution in [0.3, 0.4) is 0 Å². The van der Waals surface area contributed by atoms with E-state index in [0.717, 1.165) is 37.3 Å². The molecule has 1 amide bonds. The molecule has 0 bridgehead atoms. The highest BCUT2D eigenvalue weighted by atomic mass is 35.5. The van der Waals surface area contributed by atoms with E-state index in [-0.39, 0.29) is 5.91 Å². The quantitative estimate of drug-likeness (QED) is 0.434. The normalized spacial score (nSPS) is 15.3. The van der Waals surface area contributed by atoms with Crippen molar-refractivity contribution in [2.45, 2.75) is 13.6 Å². The van der Waals surface area contributed by atoms with Gasteiger partial charge in [-0.1, -0.05) is 41.9 Å². The second kappa shape index (κ2) is 9.23. The van der Waals surface area contributed by atoms with Crippen LogP contribution < -0.4 is 5.32 Å². The molecule has 1 saturated heterocycles. The number of aryl methyl sites for hydroxylation is 1. The van der Waals surface area contributed by atoms with Gasteiger partial charge in [-0.3, -0.25) is 19.0 Å². The van der Waals surface area contributed by atoms with Gasteiger partial charge in [-0.15, -0.1) is 0 Å². The van der Waals surface area contributed by atoms with Crippen molar-refractivity contribution in [1.82, 2.24) is 24.0 Å². The number of pyridine rings is 1. The van der Waals surface area contributed by atoms with E-state index < -0.39 is 0 Å². The first-order valence-electron chi connectivity index (χ1n) is 11.0. The third kappa shape index (κ3) is 4.52. The molecule has 1 aliphatic heterocycles. The molecule has 170 valence electrons. The zero-order valence-electron chi connectivity index (χ0n) is 18.4. The van der Waals surface area contributed by atoms with Crippen molar-refractivity contribution in [3.05, 3.63) is 70.0 Å². The van der Waals surface area contributed by atoms with Crippen LogP contribution in [0.25, 0.3) is 16.6 Å². The van der Waals surface area contributed by atoms with Crippen LogP contribution in [0.1, 0.15) is 5.56 Å². The van der Waals surface area contributed by atoms with Crippen molar-refractivity contribution in [3.8, 4) is 0 Å². The van der Waals surface area contributed by atoms with Crippen molar-refractivity contribution < 1.29 is 4.79 Å². The van der Waals surface area contributed by atoms with Crippen molar-refractivity contribution in [2.24, 2.45) is 0 Å². The van der Waals surface area contributed by atoms with Crippen LogP contribution in [-0.2, 0) is 11.5 Å². The van der Waals surface area contributed by atoms with Gasteiger partial charge in [-0.25, -0.2) is 4.68 Å². The Morgan fingerprint density at radius 3 is 2.55 bits per heavy atom. The van der Waals surface area contributed by atoms with E-state index in [0.29, 0.717) is 28.7 Å². The molecular formula is C24H25ClN6OS. The topological polar surface area (TPSA) is 57.8 Å². The third-order valence-electron chi connectivity index (χ3n) is 6.09. The number of carbonyl (C=O) groups excluding carboxylic acids is 1. The molecule has 0 radical (unpaired) electrons. The Labute approximate surface area is 202 Å². The molecule has 0 atom stereocenters. The summed E-state index contributed by atoms with van der Waals surface area (Å²) in [5, 5.41) is 9.41. The summed E-state index contributed by atoms with van der Waals surface area (Å²) >= 11 is 11.9. The third-order valence-corrected chi connectivity index (χ3v) is 6.82. The standard InChI is InChI=1S/C24H25ClN6OS/c1-17-14-22-27-30(24(33)31(22)21-9-5-2-6-18(17)21)16-29-12-10-28(11-13-29)15-23(32)26-20-8-4-3-7-19(20)25/h2-9,14H,10-13,15-16H2,1H3,(H,26,32). The lowest BCUT2D eigenvalue weighted by Gasteiger charge is -2.33. The molecule has 4 aromatic rings. The molecule has 3 heterocycles. The zero-order chi connectivity index (χ0) is 22.9. The maximum Gasteiger partial charge on any atom is 0.238 e. The van der Waals surface area contributed by atoms with Gasteiger partial charge in [-0.05, 0) is 49.0 Å². The number of benzene rings is 2. The minimum absolute atomic E-state index is 0.0543. The fourth-order valence-electron chi connectivity index (χ4n) is 4.34. The van der Waals surface area contributed by atoms with Crippen LogP contribution in [0, 0.1) is 11.7 Å². The van der Waals surface area contributed by atoms with Gasteiger partial charge in [0, 0.05) is 31.6 Å². The molecule has 9 heteroatoms. The summed E-state index contributed by atoms with van der Waals surface area (Å²) in [6.07, 6.45) is 0. The van der Waals surface area contributed by atoms with Gasteiger partial charge in [0.2, 0.25) is 10.7 Å². The van der Waals surface area contributed by atoms with E-state index in [9.17, 15) is 4.79 Å². The Bertz CT molecular complexity index is 1390. The van der Waals surface area contributed by atoms with Gasteiger partial charge in [0.1, 0.15) is 0 Å². The smallest absolute Gasteiger partial charge is 0.238 e. The number of aromatic nitrogens is 3. The molecular weight excluding hydrogens is 456 g/mol. The summed E-state index contributed by atoms with van der Waals surface area (Å²) in [6, 6.07) is 17.6. The molecule has 5 rings (SSSR count). The van der Waals surface area contributed by atoms with Crippen molar-refractivity contribution in [3.63, 3.8) is 0 Å². The second-order valence-corrected chi connectivity index (χ2v) is 9.16. The number of halogens is 1. The van der Waals surface area contributed by atoms with E-state index in [1.54, 1.807) is 12.1 Å². The molecule has 0 spiro atoms. The fourth-order valence-corrected chi connectivity index (χ4v) is 4.82. The van der Waals surface area contributed by atoms with E-state index in [1.807, 2.05) is 33.3 Å². The number of hydrogen-bond donors (Lipinski definition) is 1. The van der Waals surface area contributed by atoms with E-state index in [2.05, 4.69) is 40.2 Å². The first kappa shape index (κ1) is 22.0. The number of nitrogens with zero attached hydrogens (tertiary/aromatic N) is 5. The summed E-state index contributed by atoms with van der Waals surface area (Å²) in [5.74, 6) is -0.0543. The minimum Gasteiger partial charge on any atom is -0.324 e. The van der Waals surface area contributed by atoms with Crippen LogP contribution in [0.15, 0.2) is 54.6 Å². The van der Waals surface area contributed by atoms with Gasteiger partial charge in [0.15, 0.2) is 5.65 Å². The molecule has 2 aromatic carbocycles. The molecule has 1 aliphatic rings. The Morgan fingerprint density at radius 1 is 1.06 bits per heavy atom. The largest absolute Gasteiger partial charge is 0.324 e. The summed E-state index contributed by atoms with van der Waals surface area (Å²) in [6.45, 7) is 6.37. The zero-order valence-corrected chi connectivity index (χ0v) is 19.9. The summed E-state index contributed by atoms with van der Waals surface area (Å²) in [5.41, 5.74) is 3.78. The molecule has 0 unspecified atom stereocenters. The number of nitrogens with one attached hydrogen (secondary N) is 1. The Hall–Kier alpha value is -2.78. The van der Waals surface area contributed by atoms with E-state index >= 15 is 0 Å². The highest BCUT2D eigenvalue weighted by Crippen LogP contribution is 2.22.